The van der Waals surface area contributed by atoms with Gasteiger partial charge in [-0.15, -0.1) is 0 Å². The standard InChI is InChI=1S/C25H29N3O5/c1-17(2)19-7-5-6-8-23(19)33-16-24(29)26-13-14-28-25(30)12-10-21(27-28)20-15-18(31-3)9-11-22(20)32-4/h5-12,15,17H,13-14,16H2,1-4H3,(H,26,29). The normalized spacial score (nSPS) is 10.7. The number of benzene rings is 2. The Morgan fingerprint density at radius 2 is 1.82 bits per heavy atom. The Hall–Kier alpha value is -3.81. The first-order valence-electron chi connectivity index (χ1n) is 10.7. The number of nitrogens with zero attached hydrogens (tertiary/aromatic N) is 2. The number of ether oxygens (including phenoxy) is 3. The maximum atomic E-state index is 12.3. The Balaban J connectivity index is 1.62. The molecular formula is C25H29N3O5. The summed E-state index contributed by atoms with van der Waals surface area (Å²) < 4.78 is 17.7. The van der Waals surface area contributed by atoms with Crippen molar-refractivity contribution in [3.8, 4) is 28.5 Å². The lowest BCUT2D eigenvalue weighted by atomic mass is 10.0. The molecule has 174 valence electrons. The van der Waals surface area contributed by atoms with Crippen LogP contribution in [0.25, 0.3) is 11.3 Å². The molecule has 1 amide bonds. The van der Waals surface area contributed by atoms with Crippen LogP contribution in [0.1, 0.15) is 25.3 Å². The number of aromatic nitrogens is 2. The van der Waals surface area contributed by atoms with Crippen molar-refractivity contribution in [1.82, 2.24) is 15.1 Å². The van der Waals surface area contributed by atoms with E-state index < -0.39 is 0 Å². The number of rotatable bonds is 10. The Kier molecular flexibility index (Phi) is 8.07. The average molecular weight is 452 g/mol. The van der Waals surface area contributed by atoms with Gasteiger partial charge in [0, 0.05) is 18.2 Å². The van der Waals surface area contributed by atoms with Gasteiger partial charge < -0.3 is 19.5 Å². The molecule has 0 aliphatic rings. The summed E-state index contributed by atoms with van der Waals surface area (Å²) in [5.74, 6) is 1.97. The topological polar surface area (TPSA) is 91.7 Å². The summed E-state index contributed by atoms with van der Waals surface area (Å²) in [6, 6.07) is 16.1. The molecule has 0 fully saturated rings. The fraction of sp³-hybridized carbons (Fsp3) is 0.320. The molecular weight excluding hydrogens is 422 g/mol. The highest BCUT2D eigenvalue weighted by molar-refractivity contribution is 5.77. The van der Waals surface area contributed by atoms with Crippen molar-refractivity contribution in [2.24, 2.45) is 0 Å². The van der Waals surface area contributed by atoms with E-state index in [0.29, 0.717) is 28.5 Å². The van der Waals surface area contributed by atoms with Crippen molar-refractivity contribution in [2.45, 2.75) is 26.3 Å². The number of para-hydroxylation sites is 1. The molecule has 0 bridgehead atoms. The van der Waals surface area contributed by atoms with Gasteiger partial charge in [0.2, 0.25) is 0 Å². The fourth-order valence-electron chi connectivity index (χ4n) is 3.35. The molecule has 0 spiro atoms. The Bertz CT molecular complexity index is 1160. The van der Waals surface area contributed by atoms with E-state index in [-0.39, 0.29) is 37.1 Å². The van der Waals surface area contributed by atoms with Gasteiger partial charge in [-0.2, -0.15) is 5.10 Å². The third-order valence-electron chi connectivity index (χ3n) is 5.09. The van der Waals surface area contributed by atoms with Gasteiger partial charge in [0.05, 0.1) is 26.5 Å². The first-order chi connectivity index (χ1) is 15.9. The number of hydrogen-bond acceptors (Lipinski definition) is 6. The largest absolute Gasteiger partial charge is 0.497 e. The van der Waals surface area contributed by atoms with Crippen molar-refractivity contribution in [1.29, 1.82) is 0 Å². The van der Waals surface area contributed by atoms with Crippen LogP contribution in [-0.4, -0.2) is 43.1 Å². The van der Waals surface area contributed by atoms with Gasteiger partial charge in [-0.1, -0.05) is 32.0 Å². The van der Waals surface area contributed by atoms with E-state index in [2.05, 4.69) is 24.3 Å². The highest BCUT2D eigenvalue weighted by atomic mass is 16.5. The number of nitrogens with one attached hydrogen (secondary N) is 1. The number of methoxy groups -OCH3 is 2. The third kappa shape index (κ3) is 6.12. The highest BCUT2D eigenvalue weighted by Gasteiger charge is 2.12. The van der Waals surface area contributed by atoms with Crippen molar-refractivity contribution in [2.75, 3.05) is 27.4 Å². The van der Waals surface area contributed by atoms with Crippen LogP contribution in [0, 0.1) is 0 Å². The van der Waals surface area contributed by atoms with E-state index in [1.807, 2.05) is 24.3 Å². The van der Waals surface area contributed by atoms with E-state index in [1.165, 1.54) is 10.7 Å². The summed E-state index contributed by atoms with van der Waals surface area (Å²) in [5, 5.41) is 7.20. The van der Waals surface area contributed by atoms with E-state index >= 15 is 0 Å². The smallest absolute Gasteiger partial charge is 0.266 e. The van der Waals surface area contributed by atoms with E-state index in [1.54, 1.807) is 38.5 Å². The Morgan fingerprint density at radius 3 is 2.55 bits per heavy atom. The molecule has 0 saturated carbocycles. The highest BCUT2D eigenvalue weighted by Crippen LogP contribution is 2.31. The minimum atomic E-state index is -0.271. The second kappa shape index (κ2) is 11.2. The lowest BCUT2D eigenvalue weighted by Crippen LogP contribution is -2.34. The molecule has 0 aliphatic carbocycles. The van der Waals surface area contributed by atoms with E-state index in [0.717, 1.165) is 5.56 Å². The number of carbonyl (C=O) groups is 1. The van der Waals surface area contributed by atoms with Gasteiger partial charge in [0.25, 0.3) is 11.5 Å². The molecule has 8 nitrogen and oxygen atoms in total. The predicted octanol–water partition coefficient (Wildman–Crippen LogP) is 3.25. The molecule has 0 aliphatic heterocycles. The van der Waals surface area contributed by atoms with Crippen molar-refractivity contribution < 1.29 is 19.0 Å². The van der Waals surface area contributed by atoms with Gasteiger partial charge in [0.1, 0.15) is 17.2 Å². The first kappa shape index (κ1) is 23.8. The summed E-state index contributed by atoms with van der Waals surface area (Å²) in [6.07, 6.45) is 0. The Morgan fingerprint density at radius 1 is 1.03 bits per heavy atom. The van der Waals surface area contributed by atoms with Gasteiger partial charge in [-0.3, -0.25) is 9.59 Å². The van der Waals surface area contributed by atoms with Crippen LogP contribution in [0.3, 0.4) is 0 Å². The molecule has 0 atom stereocenters. The molecule has 1 heterocycles. The van der Waals surface area contributed by atoms with Gasteiger partial charge in [0.15, 0.2) is 6.61 Å². The first-order valence-corrected chi connectivity index (χ1v) is 10.7. The molecule has 3 rings (SSSR count). The van der Waals surface area contributed by atoms with Crippen LogP contribution in [0.4, 0.5) is 0 Å². The maximum Gasteiger partial charge on any atom is 0.266 e. The average Bonchev–Trinajstić information content (AvgIpc) is 2.83. The molecule has 2 aromatic carbocycles. The number of amides is 1. The SMILES string of the molecule is COc1ccc(OC)c(-c2ccc(=O)n(CCNC(=O)COc3ccccc3C(C)C)n2)c1. The van der Waals surface area contributed by atoms with Crippen LogP contribution < -0.4 is 25.1 Å². The number of hydrogen-bond donors (Lipinski definition) is 1. The van der Waals surface area contributed by atoms with Crippen LogP contribution >= 0.6 is 0 Å². The molecule has 0 saturated heterocycles. The van der Waals surface area contributed by atoms with Crippen molar-refractivity contribution in [3.63, 3.8) is 0 Å². The number of carbonyl (C=O) groups excluding carboxylic acids is 1. The molecule has 1 aromatic heterocycles. The fourth-order valence-corrected chi connectivity index (χ4v) is 3.35. The zero-order chi connectivity index (χ0) is 23.8. The van der Waals surface area contributed by atoms with Crippen LogP contribution in [0.15, 0.2) is 59.4 Å². The zero-order valence-electron chi connectivity index (χ0n) is 19.3. The summed E-state index contributed by atoms with van der Waals surface area (Å²) in [7, 11) is 3.15. The van der Waals surface area contributed by atoms with Crippen LogP contribution in [0.5, 0.6) is 17.2 Å². The third-order valence-corrected chi connectivity index (χ3v) is 5.09. The van der Waals surface area contributed by atoms with Crippen LogP contribution in [0.2, 0.25) is 0 Å². The molecule has 8 heteroatoms. The van der Waals surface area contributed by atoms with Crippen molar-refractivity contribution >= 4 is 5.91 Å². The van der Waals surface area contributed by atoms with Gasteiger partial charge >= 0.3 is 0 Å². The molecule has 0 radical (unpaired) electrons. The zero-order valence-corrected chi connectivity index (χ0v) is 19.3. The van der Waals surface area contributed by atoms with Gasteiger partial charge in [-0.05, 0) is 41.8 Å². The quantitative estimate of drug-likeness (QED) is 0.509. The lowest BCUT2D eigenvalue weighted by molar-refractivity contribution is -0.123. The molecule has 3 aromatic rings. The van der Waals surface area contributed by atoms with Crippen molar-refractivity contribution in [3.05, 3.63) is 70.5 Å². The minimum Gasteiger partial charge on any atom is -0.497 e. The summed E-state index contributed by atoms with van der Waals surface area (Å²) >= 11 is 0. The predicted molar refractivity (Wildman–Crippen MR) is 126 cm³/mol. The van der Waals surface area contributed by atoms with E-state index in [9.17, 15) is 9.59 Å². The maximum absolute atomic E-state index is 12.3. The summed E-state index contributed by atoms with van der Waals surface area (Å²) in [4.78, 5) is 24.5. The summed E-state index contributed by atoms with van der Waals surface area (Å²) in [5.41, 5.74) is 2.04. The Labute approximate surface area is 193 Å². The second-order valence-electron chi connectivity index (χ2n) is 7.68. The minimum absolute atomic E-state index is 0.104. The monoisotopic (exact) mass is 451 g/mol. The molecule has 33 heavy (non-hydrogen) atoms. The summed E-state index contributed by atoms with van der Waals surface area (Å²) in [6.45, 7) is 4.49. The van der Waals surface area contributed by atoms with E-state index in [4.69, 9.17) is 14.2 Å². The van der Waals surface area contributed by atoms with Gasteiger partial charge in [-0.25, -0.2) is 4.68 Å². The molecule has 0 unspecified atom stereocenters. The lowest BCUT2D eigenvalue weighted by Gasteiger charge is -2.14. The second-order valence-corrected chi connectivity index (χ2v) is 7.68. The van der Waals surface area contributed by atoms with Crippen LogP contribution in [-0.2, 0) is 11.3 Å². The molecule has 1 N–H and O–H groups in total.